The number of sulfonamides is 1. The standard InChI is InChI=1S/C18H25N5O4S/c1-20(28(3,26)27)13-16(24)22-11-7-8-14(12-22)17-19-21(2)18(25)23(17)15-9-5-4-6-10-15/h4-6,9-10,14H,7-8,11-13H2,1-3H3. The van der Waals surface area contributed by atoms with Gasteiger partial charge in [0.2, 0.25) is 15.9 Å². The van der Waals surface area contributed by atoms with Gasteiger partial charge in [-0.05, 0) is 25.0 Å². The Morgan fingerprint density at radius 3 is 2.61 bits per heavy atom. The number of rotatable bonds is 5. The highest BCUT2D eigenvalue weighted by atomic mass is 32.2. The van der Waals surface area contributed by atoms with E-state index in [9.17, 15) is 18.0 Å². The lowest BCUT2D eigenvalue weighted by atomic mass is 9.97. The van der Waals surface area contributed by atoms with Crippen LogP contribution >= 0.6 is 0 Å². The van der Waals surface area contributed by atoms with Crippen molar-refractivity contribution in [1.82, 2.24) is 23.6 Å². The summed E-state index contributed by atoms with van der Waals surface area (Å²) in [6, 6.07) is 9.29. The Morgan fingerprint density at radius 1 is 1.29 bits per heavy atom. The normalized spacial score (nSPS) is 17.9. The number of hydrogen-bond acceptors (Lipinski definition) is 5. The number of aromatic nitrogens is 3. The zero-order chi connectivity index (χ0) is 20.5. The van der Waals surface area contributed by atoms with Gasteiger partial charge in [-0.15, -0.1) is 0 Å². The lowest BCUT2D eigenvalue weighted by molar-refractivity contribution is -0.132. The highest BCUT2D eigenvalue weighted by molar-refractivity contribution is 7.88. The number of carbonyl (C=O) groups is 1. The summed E-state index contributed by atoms with van der Waals surface area (Å²) in [6.45, 7) is 0.772. The van der Waals surface area contributed by atoms with Crippen molar-refractivity contribution in [2.45, 2.75) is 18.8 Å². The van der Waals surface area contributed by atoms with E-state index >= 15 is 0 Å². The average molecular weight is 407 g/mol. The van der Waals surface area contributed by atoms with E-state index < -0.39 is 10.0 Å². The Balaban J connectivity index is 1.85. The second-order valence-electron chi connectivity index (χ2n) is 7.13. The third kappa shape index (κ3) is 4.17. The topological polar surface area (TPSA) is 97.5 Å². The van der Waals surface area contributed by atoms with Gasteiger partial charge in [-0.3, -0.25) is 4.79 Å². The van der Waals surface area contributed by atoms with E-state index in [-0.39, 0.29) is 24.1 Å². The minimum atomic E-state index is -3.42. The van der Waals surface area contributed by atoms with Gasteiger partial charge in [-0.25, -0.2) is 22.5 Å². The summed E-state index contributed by atoms with van der Waals surface area (Å²) in [5.41, 5.74) is 0.498. The maximum absolute atomic E-state index is 12.6. The van der Waals surface area contributed by atoms with Gasteiger partial charge in [0.1, 0.15) is 5.82 Å². The molecule has 1 aliphatic rings. The second kappa shape index (κ2) is 7.88. The minimum Gasteiger partial charge on any atom is -0.341 e. The summed E-state index contributed by atoms with van der Waals surface area (Å²) >= 11 is 0. The van der Waals surface area contributed by atoms with E-state index in [0.29, 0.717) is 18.9 Å². The smallest absolute Gasteiger partial charge is 0.341 e. The van der Waals surface area contributed by atoms with Crippen molar-refractivity contribution in [1.29, 1.82) is 0 Å². The number of hydrogen-bond donors (Lipinski definition) is 0. The van der Waals surface area contributed by atoms with Crippen molar-refractivity contribution in [3.63, 3.8) is 0 Å². The van der Waals surface area contributed by atoms with E-state index in [1.807, 2.05) is 30.3 Å². The van der Waals surface area contributed by atoms with Gasteiger partial charge >= 0.3 is 5.69 Å². The van der Waals surface area contributed by atoms with Crippen molar-refractivity contribution >= 4 is 15.9 Å². The molecule has 1 unspecified atom stereocenters. The highest BCUT2D eigenvalue weighted by Crippen LogP contribution is 2.26. The summed E-state index contributed by atoms with van der Waals surface area (Å²) < 4.78 is 27.1. The van der Waals surface area contributed by atoms with Crippen LogP contribution in [0.15, 0.2) is 35.1 Å². The lowest BCUT2D eigenvalue weighted by Gasteiger charge is -2.33. The first-order chi connectivity index (χ1) is 13.2. The van der Waals surface area contributed by atoms with E-state index in [2.05, 4.69) is 5.10 Å². The minimum absolute atomic E-state index is 0.102. The van der Waals surface area contributed by atoms with Crippen LogP contribution in [-0.4, -0.2) is 70.8 Å². The van der Waals surface area contributed by atoms with Gasteiger partial charge in [0.25, 0.3) is 0 Å². The molecule has 28 heavy (non-hydrogen) atoms. The van der Waals surface area contributed by atoms with Crippen LogP contribution in [0, 0.1) is 0 Å². The Kier molecular flexibility index (Phi) is 5.71. The maximum Gasteiger partial charge on any atom is 0.350 e. The zero-order valence-electron chi connectivity index (χ0n) is 16.3. The van der Waals surface area contributed by atoms with Crippen molar-refractivity contribution < 1.29 is 13.2 Å². The van der Waals surface area contributed by atoms with Crippen LogP contribution in [0.2, 0.25) is 0 Å². The molecular weight excluding hydrogens is 382 g/mol. The van der Waals surface area contributed by atoms with Gasteiger partial charge < -0.3 is 4.90 Å². The fourth-order valence-corrected chi connectivity index (χ4v) is 3.73. The molecule has 1 aromatic carbocycles. The Bertz CT molecular complexity index is 1010. The molecule has 2 aromatic rings. The van der Waals surface area contributed by atoms with Crippen molar-refractivity contribution in [3.05, 3.63) is 46.6 Å². The van der Waals surface area contributed by atoms with Crippen molar-refractivity contribution in [2.24, 2.45) is 7.05 Å². The van der Waals surface area contributed by atoms with Gasteiger partial charge in [0.15, 0.2) is 0 Å². The largest absolute Gasteiger partial charge is 0.350 e. The van der Waals surface area contributed by atoms with Crippen LogP contribution in [0.5, 0.6) is 0 Å². The molecule has 1 aliphatic heterocycles. The van der Waals surface area contributed by atoms with Crippen molar-refractivity contribution in [3.8, 4) is 5.69 Å². The molecule has 1 fully saturated rings. The quantitative estimate of drug-likeness (QED) is 0.704. The van der Waals surface area contributed by atoms with Gasteiger partial charge in [-0.2, -0.15) is 9.40 Å². The van der Waals surface area contributed by atoms with E-state index in [4.69, 9.17) is 0 Å². The number of amides is 1. The van der Waals surface area contributed by atoms with E-state index in [1.165, 1.54) is 11.7 Å². The molecule has 0 N–H and O–H groups in total. The van der Waals surface area contributed by atoms with Gasteiger partial charge in [0, 0.05) is 33.1 Å². The molecule has 0 aliphatic carbocycles. The molecule has 0 radical (unpaired) electrons. The SMILES string of the molecule is CN(CC(=O)N1CCCC(c2nn(C)c(=O)n2-c2ccccc2)C1)S(C)(=O)=O. The van der Waals surface area contributed by atoms with Gasteiger partial charge in [-0.1, -0.05) is 18.2 Å². The maximum atomic E-state index is 12.6. The Labute approximate surface area is 164 Å². The molecule has 1 saturated heterocycles. The molecule has 3 rings (SSSR count). The number of carbonyl (C=O) groups excluding carboxylic acids is 1. The first-order valence-corrected chi connectivity index (χ1v) is 10.9. The molecule has 0 bridgehead atoms. The molecule has 152 valence electrons. The van der Waals surface area contributed by atoms with Crippen molar-refractivity contribution in [2.75, 3.05) is 32.9 Å². The predicted molar refractivity (Wildman–Crippen MR) is 105 cm³/mol. The number of piperidine rings is 1. The fraction of sp³-hybridized carbons (Fsp3) is 0.500. The molecule has 1 atom stereocenters. The molecule has 1 amide bonds. The molecule has 0 spiro atoms. The molecule has 0 saturated carbocycles. The lowest BCUT2D eigenvalue weighted by Crippen LogP contribution is -2.45. The fourth-order valence-electron chi connectivity index (χ4n) is 3.39. The van der Waals surface area contributed by atoms with Crippen LogP contribution in [0.1, 0.15) is 24.6 Å². The Hall–Kier alpha value is -2.46. The number of likely N-dealkylation sites (tertiary alicyclic amines) is 1. The molecule has 10 heteroatoms. The zero-order valence-corrected chi connectivity index (χ0v) is 17.1. The third-order valence-electron chi connectivity index (χ3n) is 5.03. The summed E-state index contributed by atoms with van der Waals surface area (Å²) in [5.74, 6) is 0.269. The molecule has 2 heterocycles. The van der Waals surface area contributed by atoms with Crippen LogP contribution in [0.25, 0.3) is 5.69 Å². The van der Waals surface area contributed by atoms with Crippen LogP contribution < -0.4 is 5.69 Å². The number of nitrogens with zero attached hydrogens (tertiary/aromatic N) is 5. The van der Waals surface area contributed by atoms with Gasteiger partial charge in [0.05, 0.1) is 18.5 Å². The van der Waals surface area contributed by atoms with Crippen LogP contribution in [0.4, 0.5) is 0 Å². The first kappa shape index (κ1) is 20.3. The number of aryl methyl sites for hydroxylation is 1. The number of para-hydroxylation sites is 1. The monoisotopic (exact) mass is 407 g/mol. The van der Waals surface area contributed by atoms with Crippen LogP contribution in [0.3, 0.4) is 0 Å². The van der Waals surface area contributed by atoms with E-state index in [1.54, 1.807) is 16.5 Å². The summed E-state index contributed by atoms with van der Waals surface area (Å²) in [6.07, 6.45) is 2.64. The van der Waals surface area contributed by atoms with E-state index in [0.717, 1.165) is 29.1 Å². The first-order valence-electron chi connectivity index (χ1n) is 9.09. The summed E-state index contributed by atoms with van der Waals surface area (Å²) in [4.78, 5) is 26.9. The number of likely N-dealkylation sites (N-methyl/N-ethyl adjacent to an activating group) is 1. The predicted octanol–water partition coefficient (Wildman–Crippen LogP) is 0.168. The third-order valence-corrected chi connectivity index (χ3v) is 6.29. The Morgan fingerprint density at radius 2 is 1.96 bits per heavy atom. The number of benzene rings is 1. The highest BCUT2D eigenvalue weighted by Gasteiger charge is 2.30. The molecule has 9 nitrogen and oxygen atoms in total. The molecule has 1 aromatic heterocycles. The van der Waals surface area contributed by atoms with Crippen LogP contribution in [-0.2, 0) is 21.9 Å². The molecular formula is C18H25N5O4S. The second-order valence-corrected chi connectivity index (χ2v) is 9.22. The summed E-state index contributed by atoms with van der Waals surface area (Å²) in [7, 11) is -0.424. The average Bonchev–Trinajstić information content (AvgIpc) is 2.96. The summed E-state index contributed by atoms with van der Waals surface area (Å²) in [5, 5.41) is 4.43.